The number of hydrogen-bond donors (Lipinski definition) is 3. The second kappa shape index (κ2) is 2.52. The molecule has 1 heterocycles. The summed E-state index contributed by atoms with van der Waals surface area (Å²) in [4.78, 5) is 14.0. The van der Waals surface area contributed by atoms with Gasteiger partial charge in [-0.25, -0.2) is 0 Å². The molecule has 0 saturated heterocycles. The lowest BCUT2D eigenvalue weighted by atomic mass is 10.1. The second-order valence-corrected chi connectivity index (χ2v) is 2.87. The maximum absolute atomic E-state index is 11.0. The van der Waals surface area contributed by atoms with Gasteiger partial charge in [0, 0.05) is 22.8 Å². The minimum absolute atomic E-state index is 0.455. The Morgan fingerprint density at radius 1 is 1.38 bits per heavy atom. The summed E-state index contributed by atoms with van der Waals surface area (Å²) in [6, 6.07) is 5.15. The van der Waals surface area contributed by atoms with E-state index in [0.29, 0.717) is 11.3 Å². The van der Waals surface area contributed by atoms with Crippen LogP contribution in [0.1, 0.15) is 10.4 Å². The van der Waals surface area contributed by atoms with E-state index in [9.17, 15) is 4.79 Å². The van der Waals surface area contributed by atoms with Crippen molar-refractivity contribution in [2.75, 3.05) is 5.73 Å². The van der Waals surface area contributed by atoms with Gasteiger partial charge < -0.3 is 16.5 Å². The Morgan fingerprint density at radius 2 is 2.15 bits per heavy atom. The highest BCUT2D eigenvalue weighted by molar-refractivity contribution is 6.06. The fraction of sp³-hybridized carbons (Fsp3) is 0. The molecule has 4 nitrogen and oxygen atoms in total. The SMILES string of the molecule is NC(=O)c1cc(N)cc2[nH]ccc12. The molecule has 1 aromatic heterocycles. The molecule has 0 fully saturated rings. The lowest BCUT2D eigenvalue weighted by molar-refractivity contribution is 0.100. The molecule has 0 radical (unpaired) electrons. The number of H-pyrrole nitrogens is 1. The van der Waals surface area contributed by atoms with Crippen molar-refractivity contribution in [3.05, 3.63) is 30.0 Å². The second-order valence-electron chi connectivity index (χ2n) is 2.87. The molecule has 0 unspecified atom stereocenters. The predicted octanol–water partition coefficient (Wildman–Crippen LogP) is 0.849. The van der Waals surface area contributed by atoms with Gasteiger partial charge in [0.1, 0.15) is 0 Å². The molecule has 1 aromatic carbocycles. The topological polar surface area (TPSA) is 84.9 Å². The number of nitrogen functional groups attached to an aromatic ring is 1. The van der Waals surface area contributed by atoms with Crippen LogP contribution >= 0.6 is 0 Å². The van der Waals surface area contributed by atoms with E-state index >= 15 is 0 Å². The molecule has 0 saturated carbocycles. The lowest BCUT2D eigenvalue weighted by Gasteiger charge is -2.00. The van der Waals surface area contributed by atoms with Crippen LogP contribution in [-0.2, 0) is 0 Å². The molecule has 1 amide bonds. The molecule has 2 aromatic rings. The van der Waals surface area contributed by atoms with Crippen molar-refractivity contribution in [3.63, 3.8) is 0 Å². The average Bonchev–Trinajstić information content (AvgIpc) is 2.49. The molecule has 0 spiro atoms. The fourth-order valence-corrected chi connectivity index (χ4v) is 1.39. The Hall–Kier alpha value is -1.97. The third-order valence-corrected chi connectivity index (χ3v) is 1.96. The molecule has 0 aliphatic carbocycles. The molecule has 13 heavy (non-hydrogen) atoms. The van der Waals surface area contributed by atoms with Crippen molar-refractivity contribution in [3.8, 4) is 0 Å². The molecule has 0 atom stereocenters. The summed E-state index contributed by atoms with van der Waals surface area (Å²) in [7, 11) is 0. The van der Waals surface area contributed by atoms with Gasteiger partial charge in [0.05, 0.1) is 5.56 Å². The van der Waals surface area contributed by atoms with E-state index in [0.717, 1.165) is 10.9 Å². The summed E-state index contributed by atoms with van der Waals surface area (Å²) in [5.74, 6) is -0.461. The van der Waals surface area contributed by atoms with E-state index in [1.54, 1.807) is 24.4 Å². The van der Waals surface area contributed by atoms with Crippen molar-refractivity contribution >= 4 is 22.5 Å². The van der Waals surface area contributed by atoms with E-state index in [1.165, 1.54) is 0 Å². The Kier molecular flexibility index (Phi) is 1.48. The molecular weight excluding hydrogens is 166 g/mol. The molecule has 0 aliphatic heterocycles. The largest absolute Gasteiger partial charge is 0.399 e. The van der Waals surface area contributed by atoms with Gasteiger partial charge in [-0.3, -0.25) is 4.79 Å². The van der Waals surface area contributed by atoms with Gasteiger partial charge in [-0.2, -0.15) is 0 Å². The van der Waals surface area contributed by atoms with Crippen LogP contribution in [0, 0.1) is 0 Å². The highest BCUT2D eigenvalue weighted by atomic mass is 16.1. The highest BCUT2D eigenvalue weighted by Crippen LogP contribution is 2.20. The van der Waals surface area contributed by atoms with Crippen LogP contribution in [0.4, 0.5) is 5.69 Å². The van der Waals surface area contributed by atoms with Gasteiger partial charge in [-0.05, 0) is 18.2 Å². The number of nitrogens with one attached hydrogen (secondary N) is 1. The summed E-state index contributed by atoms with van der Waals surface area (Å²) in [5, 5.41) is 0.807. The normalized spacial score (nSPS) is 10.5. The number of nitrogens with two attached hydrogens (primary N) is 2. The van der Waals surface area contributed by atoms with Crippen molar-refractivity contribution in [2.24, 2.45) is 5.73 Å². The maximum atomic E-state index is 11.0. The lowest BCUT2D eigenvalue weighted by Crippen LogP contribution is -2.11. The molecule has 4 heteroatoms. The number of rotatable bonds is 1. The van der Waals surface area contributed by atoms with Crippen LogP contribution in [0.2, 0.25) is 0 Å². The maximum Gasteiger partial charge on any atom is 0.249 e. The monoisotopic (exact) mass is 175 g/mol. The number of fused-ring (bicyclic) bond motifs is 1. The number of aromatic nitrogens is 1. The number of benzene rings is 1. The van der Waals surface area contributed by atoms with Crippen LogP contribution in [-0.4, -0.2) is 10.9 Å². The number of carbonyl (C=O) groups excluding carboxylic acids is 1. The summed E-state index contributed by atoms with van der Waals surface area (Å²) >= 11 is 0. The van der Waals surface area contributed by atoms with Gasteiger partial charge >= 0.3 is 0 Å². The van der Waals surface area contributed by atoms with Crippen molar-refractivity contribution in [1.29, 1.82) is 0 Å². The first-order chi connectivity index (χ1) is 6.18. The van der Waals surface area contributed by atoms with Crippen molar-refractivity contribution in [2.45, 2.75) is 0 Å². The first-order valence-electron chi connectivity index (χ1n) is 3.85. The molecule has 0 aliphatic rings. The number of aromatic amines is 1. The number of anilines is 1. The smallest absolute Gasteiger partial charge is 0.249 e. The van der Waals surface area contributed by atoms with Gasteiger partial charge in [-0.1, -0.05) is 0 Å². The zero-order valence-corrected chi connectivity index (χ0v) is 6.87. The summed E-state index contributed by atoms with van der Waals surface area (Å²) in [5.41, 5.74) is 12.6. The van der Waals surface area contributed by atoms with Crippen LogP contribution in [0.5, 0.6) is 0 Å². The standard InChI is InChI=1S/C9H9N3O/c10-5-3-7(9(11)13)6-1-2-12-8(6)4-5/h1-4,12H,10H2,(H2,11,13). The Morgan fingerprint density at radius 3 is 2.85 bits per heavy atom. The molecule has 66 valence electrons. The zero-order valence-electron chi connectivity index (χ0n) is 6.87. The molecular formula is C9H9N3O. The van der Waals surface area contributed by atoms with Crippen LogP contribution in [0.25, 0.3) is 10.9 Å². The van der Waals surface area contributed by atoms with E-state index in [4.69, 9.17) is 11.5 Å². The van der Waals surface area contributed by atoms with Crippen molar-refractivity contribution < 1.29 is 4.79 Å². The van der Waals surface area contributed by atoms with Gasteiger partial charge in [0.2, 0.25) is 5.91 Å². The fourth-order valence-electron chi connectivity index (χ4n) is 1.39. The third kappa shape index (κ3) is 1.12. The molecule has 0 bridgehead atoms. The van der Waals surface area contributed by atoms with E-state index in [2.05, 4.69) is 4.98 Å². The minimum Gasteiger partial charge on any atom is -0.399 e. The van der Waals surface area contributed by atoms with Gasteiger partial charge in [-0.15, -0.1) is 0 Å². The number of amides is 1. The average molecular weight is 175 g/mol. The molecule has 5 N–H and O–H groups in total. The summed E-state index contributed by atoms with van der Waals surface area (Å²) in [6.07, 6.45) is 1.75. The first kappa shape index (κ1) is 7.67. The van der Waals surface area contributed by atoms with Crippen LogP contribution in [0.3, 0.4) is 0 Å². The Labute approximate surface area is 74.5 Å². The van der Waals surface area contributed by atoms with Crippen LogP contribution in [0.15, 0.2) is 24.4 Å². The van der Waals surface area contributed by atoms with Crippen molar-refractivity contribution in [1.82, 2.24) is 4.98 Å². The number of primary amides is 1. The predicted molar refractivity (Wildman–Crippen MR) is 51.2 cm³/mol. The molecule has 2 rings (SSSR count). The zero-order chi connectivity index (χ0) is 9.42. The van der Waals surface area contributed by atoms with Gasteiger partial charge in [0.25, 0.3) is 0 Å². The third-order valence-electron chi connectivity index (χ3n) is 1.96. The van der Waals surface area contributed by atoms with E-state index in [1.807, 2.05) is 0 Å². The van der Waals surface area contributed by atoms with E-state index < -0.39 is 5.91 Å². The Bertz CT molecular complexity index is 473. The number of hydrogen-bond acceptors (Lipinski definition) is 2. The first-order valence-corrected chi connectivity index (χ1v) is 3.85. The summed E-state index contributed by atoms with van der Waals surface area (Å²) < 4.78 is 0. The van der Waals surface area contributed by atoms with E-state index in [-0.39, 0.29) is 0 Å². The number of carbonyl (C=O) groups is 1. The van der Waals surface area contributed by atoms with Gasteiger partial charge in [0.15, 0.2) is 0 Å². The van der Waals surface area contributed by atoms with Crippen LogP contribution < -0.4 is 11.5 Å². The quantitative estimate of drug-likeness (QED) is 0.561. The summed E-state index contributed by atoms with van der Waals surface area (Å²) in [6.45, 7) is 0. The Balaban J connectivity index is 2.84. The highest BCUT2D eigenvalue weighted by Gasteiger charge is 2.07. The minimum atomic E-state index is -0.461.